The van der Waals surface area contributed by atoms with Gasteiger partial charge in [-0.15, -0.1) is 11.6 Å². The van der Waals surface area contributed by atoms with Crippen LogP contribution < -0.4 is 0 Å². The molecule has 0 amide bonds. The van der Waals surface area contributed by atoms with Crippen molar-refractivity contribution in [2.24, 2.45) is 0 Å². The van der Waals surface area contributed by atoms with E-state index in [0.29, 0.717) is 11.6 Å². The lowest BCUT2D eigenvalue weighted by Crippen LogP contribution is -1.88. The van der Waals surface area contributed by atoms with E-state index in [0.717, 1.165) is 5.56 Å². The molecule has 11 heavy (non-hydrogen) atoms. The van der Waals surface area contributed by atoms with Crippen molar-refractivity contribution in [2.45, 2.75) is 10.7 Å². The van der Waals surface area contributed by atoms with Crippen LogP contribution in [-0.4, -0.2) is 4.98 Å². The monoisotopic (exact) mass is 209 g/mol. The first-order valence-corrected chi connectivity index (χ1v) is 4.43. The maximum Gasteiger partial charge on any atom is 0.149 e. The van der Waals surface area contributed by atoms with Crippen molar-refractivity contribution in [3.8, 4) is 0 Å². The van der Waals surface area contributed by atoms with E-state index in [-0.39, 0.29) is 0 Å². The third-order valence-corrected chi connectivity index (χ3v) is 1.98. The molecule has 0 aromatic carbocycles. The predicted molar refractivity (Wildman–Crippen MR) is 48.2 cm³/mol. The second-order valence-corrected chi connectivity index (χ2v) is 3.39. The van der Waals surface area contributed by atoms with Crippen molar-refractivity contribution in [2.75, 3.05) is 0 Å². The second kappa shape index (κ2) is 4.15. The Kier molecular flexibility index (Phi) is 3.44. The molecule has 0 atom stereocenters. The van der Waals surface area contributed by atoms with Gasteiger partial charge in [0.1, 0.15) is 4.84 Å². The molecule has 0 saturated heterocycles. The van der Waals surface area contributed by atoms with Gasteiger partial charge in [0.2, 0.25) is 0 Å². The molecule has 0 radical (unpaired) electrons. The molecule has 1 aromatic rings. The first kappa shape index (κ1) is 9.11. The van der Waals surface area contributed by atoms with E-state index in [2.05, 4.69) is 4.98 Å². The van der Waals surface area contributed by atoms with E-state index in [1.54, 1.807) is 12.3 Å². The summed E-state index contributed by atoms with van der Waals surface area (Å²) >= 11 is 16.7. The maximum absolute atomic E-state index is 5.57. The molecule has 0 aliphatic heterocycles. The average molecular weight is 210 g/mol. The summed E-state index contributed by atoms with van der Waals surface area (Å²) in [6.07, 6.45) is 1.67. The zero-order valence-electron chi connectivity index (χ0n) is 5.60. The van der Waals surface area contributed by atoms with Crippen molar-refractivity contribution in [3.63, 3.8) is 0 Å². The number of rotatable bonds is 2. The highest BCUT2D eigenvalue weighted by Crippen LogP contribution is 2.22. The van der Waals surface area contributed by atoms with Gasteiger partial charge in [0, 0.05) is 12.1 Å². The topological polar surface area (TPSA) is 12.9 Å². The van der Waals surface area contributed by atoms with Crippen LogP contribution in [0.15, 0.2) is 18.3 Å². The van der Waals surface area contributed by atoms with Gasteiger partial charge in [0.05, 0.1) is 5.69 Å². The Labute approximate surface area is 80.3 Å². The van der Waals surface area contributed by atoms with Crippen molar-refractivity contribution >= 4 is 34.8 Å². The smallest absolute Gasteiger partial charge is 0.149 e. The Balaban J connectivity index is 2.83. The molecule has 4 heteroatoms. The lowest BCUT2D eigenvalue weighted by molar-refractivity contribution is 1.12. The highest BCUT2D eigenvalue weighted by Gasteiger charge is 2.03. The molecule has 60 valence electrons. The Morgan fingerprint density at radius 2 is 2.09 bits per heavy atom. The summed E-state index contributed by atoms with van der Waals surface area (Å²) in [5.41, 5.74) is 1.62. The Bertz CT molecular complexity index is 220. The van der Waals surface area contributed by atoms with Crippen LogP contribution in [0.25, 0.3) is 0 Å². The first-order chi connectivity index (χ1) is 5.24. The highest BCUT2D eigenvalue weighted by atomic mass is 35.5. The molecule has 0 aliphatic rings. The third kappa shape index (κ3) is 2.51. The highest BCUT2D eigenvalue weighted by molar-refractivity contribution is 6.43. The first-order valence-electron chi connectivity index (χ1n) is 3.03. The minimum Gasteiger partial charge on any atom is -0.258 e. The van der Waals surface area contributed by atoms with Crippen molar-refractivity contribution in [1.29, 1.82) is 0 Å². The van der Waals surface area contributed by atoms with Crippen molar-refractivity contribution in [1.82, 2.24) is 4.98 Å². The van der Waals surface area contributed by atoms with E-state index >= 15 is 0 Å². The van der Waals surface area contributed by atoms with Crippen LogP contribution in [0.2, 0.25) is 0 Å². The van der Waals surface area contributed by atoms with Crippen LogP contribution in [0, 0.1) is 0 Å². The van der Waals surface area contributed by atoms with Crippen LogP contribution in [0.3, 0.4) is 0 Å². The van der Waals surface area contributed by atoms with Crippen LogP contribution in [0.1, 0.15) is 16.1 Å². The van der Waals surface area contributed by atoms with Gasteiger partial charge in [-0.1, -0.05) is 29.3 Å². The van der Waals surface area contributed by atoms with Gasteiger partial charge in [0.15, 0.2) is 0 Å². The number of pyridine rings is 1. The van der Waals surface area contributed by atoms with Gasteiger partial charge < -0.3 is 0 Å². The van der Waals surface area contributed by atoms with Crippen molar-refractivity contribution < 1.29 is 0 Å². The molecule has 1 nitrogen and oxygen atoms in total. The molecular weight excluding hydrogens is 204 g/mol. The number of alkyl halides is 3. The Morgan fingerprint density at radius 3 is 2.45 bits per heavy atom. The van der Waals surface area contributed by atoms with Gasteiger partial charge in [0.25, 0.3) is 0 Å². The normalized spacial score (nSPS) is 10.5. The summed E-state index contributed by atoms with van der Waals surface area (Å²) in [5.74, 6) is 0.461. The molecule has 0 aliphatic carbocycles. The minimum atomic E-state index is -0.556. The van der Waals surface area contributed by atoms with Crippen LogP contribution >= 0.6 is 34.8 Å². The summed E-state index contributed by atoms with van der Waals surface area (Å²) in [6.45, 7) is 0. The number of hydrogen-bond acceptors (Lipinski definition) is 1. The summed E-state index contributed by atoms with van der Waals surface area (Å²) in [5, 5.41) is 0. The molecule has 1 aromatic heterocycles. The van der Waals surface area contributed by atoms with Crippen LogP contribution in [-0.2, 0) is 5.88 Å². The predicted octanol–water partition coefficient (Wildman–Crippen LogP) is 3.30. The summed E-state index contributed by atoms with van der Waals surface area (Å²) in [4.78, 5) is 3.44. The van der Waals surface area contributed by atoms with E-state index < -0.39 is 4.84 Å². The third-order valence-electron chi connectivity index (χ3n) is 1.23. The fourth-order valence-electron chi connectivity index (χ4n) is 0.644. The standard InChI is InChI=1S/C7H6Cl3N/c8-3-5-1-2-6(7(9)10)11-4-5/h1-2,4,7H,3H2. The van der Waals surface area contributed by atoms with Gasteiger partial charge in [-0.3, -0.25) is 4.98 Å². The summed E-state index contributed by atoms with van der Waals surface area (Å²) in [6, 6.07) is 3.62. The molecular formula is C7H6Cl3N. The molecule has 0 saturated carbocycles. The minimum absolute atomic E-state index is 0.461. The fourth-order valence-corrected chi connectivity index (χ4v) is 1.06. The molecule has 1 rings (SSSR count). The second-order valence-electron chi connectivity index (χ2n) is 2.03. The number of halogens is 3. The quantitative estimate of drug-likeness (QED) is 0.683. The Morgan fingerprint density at radius 1 is 1.36 bits per heavy atom. The molecule has 0 N–H and O–H groups in total. The lowest BCUT2D eigenvalue weighted by atomic mass is 10.3. The Hall–Kier alpha value is 0.0200. The summed E-state index contributed by atoms with van der Waals surface area (Å²) in [7, 11) is 0. The van der Waals surface area contributed by atoms with Gasteiger partial charge in [-0.05, 0) is 11.6 Å². The zero-order valence-corrected chi connectivity index (χ0v) is 7.87. The van der Waals surface area contributed by atoms with E-state index in [4.69, 9.17) is 34.8 Å². The maximum atomic E-state index is 5.57. The number of nitrogens with zero attached hydrogens (tertiary/aromatic N) is 1. The van der Waals surface area contributed by atoms with E-state index in [1.807, 2.05) is 6.07 Å². The van der Waals surface area contributed by atoms with Gasteiger partial charge in [-0.2, -0.15) is 0 Å². The molecule has 1 heterocycles. The van der Waals surface area contributed by atoms with Crippen molar-refractivity contribution in [3.05, 3.63) is 29.6 Å². The van der Waals surface area contributed by atoms with Gasteiger partial charge in [-0.25, -0.2) is 0 Å². The zero-order chi connectivity index (χ0) is 8.27. The molecule has 0 fully saturated rings. The molecule has 0 spiro atoms. The number of hydrogen-bond donors (Lipinski definition) is 0. The van der Waals surface area contributed by atoms with Gasteiger partial charge >= 0.3 is 0 Å². The van der Waals surface area contributed by atoms with Crippen LogP contribution in [0.5, 0.6) is 0 Å². The molecule has 0 unspecified atom stereocenters. The largest absolute Gasteiger partial charge is 0.258 e. The van der Waals surface area contributed by atoms with E-state index in [1.165, 1.54) is 0 Å². The SMILES string of the molecule is ClCc1ccc(C(Cl)Cl)nc1. The fraction of sp³-hybridized carbons (Fsp3) is 0.286. The summed E-state index contributed by atoms with van der Waals surface area (Å²) < 4.78 is 0. The average Bonchev–Trinajstić information content (AvgIpc) is 2.05. The molecule has 0 bridgehead atoms. The van der Waals surface area contributed by atoms with Crippen LogP contribution in [0.4, 0.5) is 0 Å². The number of aromatic nitrogens is 1. The van der Waals surface area contributed by atoms with E-state index in [9.17, 15) is 0 Å². The lowest BCUT2D eigenvalue weighted by Gasteiger charge is -1.99.